The second kappa shape index (κ2) is 2.33. The summed E-state index contributed by atoms with van der Waals surface area (Å²) >= 11 is 0. The molecule has 2 heteroatoms. The van der Waals surface area contributed by atoms with Crippen molar-refractivity contribution in [1.29, 1.82) is 0 Å². The molecule has 15 heavy (non-hydrogen) atoms. The number of rotatable bonds is 0. The van der Waals surface area contributed by atoms with Crippen molar-refractivity contribution < 1.29 is 10.2 Å². The van der Waals surface area contributed by atoms with Crippen LogP contribution in [0.5, 0.6) is 0 Å². The van der Waals surface area contributed by atoms with Crippen molar-refractivity contribution in [2.45, 2.75) is 44.3 Å². The van der Waals surface area contributed by atoms with Gasteiger partial charge in [-0.05, 0) is 37.5 Å². The second-order valence-electron chi connectivity index (χ2n) is 6.04. The van der Waals surface area contributed by atoms with Crippen LogP contribution in [0.1, 0.15) is 32.1 Å². The van der Waals surface area contributed by atoms with Gasteiger partial charge in [-0.2, -0.15) is 0 Å². The minimum Gasteiger partial charge on any atom is -0.393 e. The Morgan fingerprint density at radius 1 is 1.00 bits per heavy atom. The van der Waals surface area contributed by atoms with E-state index < -0.39 is 0 Å². The monoisotopic (exact) mass is 206 g/mol. The molecule has 0 amide bonds. The van der Waals surface area contributed by atoms with Gasteiger partial charge in [0.15, 0.2) is 0 Å². The van der Waals surface area contributed by atoms with Crippen LogP contribution >= 0.6 is 0 Å². The zero-order valence-electron chi connectivity index (χ0n) is 8.89. The summed E-state index contributed by atoms with van der Waals surface area (Å²) in [6.07, 6.45) is 9.53. The highest BCUT2D eigenvalue weighted by atomic mass is 16.3. The van der Waals surface area contributed by atoms with Gasteiger partial charge in [0.1, 0.15) is 0 Å². The van der Waals surface area contributed by atoms with E-state index in [9.17, 15) is 10.2 Å². The predicted octanol–water partition coefficient (Wildman–Crippen LogP) is 1.47. The summed E-state index contributed by atoms with van der Waals surface area (Å²) in [5, 5.41) is 20.5. The molecule has 2 bridgehead atoms. The largest absolute Gasteiger partial charge is 0.393 e. The van der Waals surface area contributed by atoms with Gasteiger partial charge >= 0.3 is 0 Å². The van der Waals surface area contributed by atoms with E-state index in [2.05, 4.69) is 12.2 Å². The van der Waals surface area contributed by atoms with E-state index in [0.29, 0.717) is 11.8 Å². The summed E-state index contributed by atoms with van der Waals surface area (Å²) < 4.78 is 0. The Morgan fingerprint density at radius 2 is 1.73 bits per heavy atom. The van der Waals surface area contributed by atoms with E-state index in [-0.39, 0.29) is 23.0 Å². The topological polar surface area (TPSA) is 40.5 Å². The lowest BCUT2D eigenvalue weighted by molar-refractivity contribution is -0.263. The molecule has 0 spiro atoms. The fourth-order valence-electron chi connectivity index (χ4n) is 5.55. The first-order valence-corrected chi connectivity index (χ1v) is 6.26. The van der Waals surface area contributed by atoms with Crippen molar-refractivity contribution in [3.05, 3.63) is 12.2 Å². The van der Waals surface area contributed by atoms with E-state index in [4.69, 9.17) is 0 Å². The van der Waals surface area contributed by atoms with Gasteiger partial charge in [0.25, 0.3) is 0 Å². The van der Waals surface area contributed by atoms with Crippen molar-refractivity contribution in [3.8, 4) is 0 Å². The van der Waals surface area contributed by atoms with E-state index in [1.807, 2.05) is 0 Å². The summed E-state index contributed by atoms with van der Waals surface area (Å²) in [5.41, 5.74) is 0.147. The molecule has 0 heterocycles. The third kappa shape index (κ3) is 0.645. The highest BCUT2D eigenvalue weighted by molar-refractivity contribution is 5.34. The predicted molar refractivity (Wildman–Crippen MR) is 56.1 cm³/mol. The number of aliphatic hydroxyl groups is 2. The summed E-state index contributed by atoms with van der Waals surface area (Å²) in [5.74, 6) is 1.11. The molecule has 2 nitrogen and oxygen atoms in total. The van der Waals surface area contributed by atoms with Gasteiger partial charge in [0, 0.05) is 10.8 Å². The maximum Gasteiger partial charge on any atom is 0.0615 e. The molecule has 6 atom stereocenters. The number of allylic oxidation sites excluding steroid dienone is 2. The summed E-state index contributed by atoms with van der Waals surface area (Å²) in [4.78, 5) is 0. The van der Waals surface area contributed by atoms with Crippen LogP contribution in [0.2, 0.25) is 0 Å². The molecule has 82 valence electrons. The SMILES string of the molecule is OC1CC23C(O)CCCC12C1C=CC3C1. The number of hydrogen-bond acceptors (Lipinski definition) is 2. The zero-order chi connectivity index (χ0) is 10.3. The second-order valence-corrected chi connectivity index (χ2v) is 6.04. The summed E-state index contributed by atoms with van der Waals surface area (Å²) in [7, 11) is 0. The van der Waals surface area contributed by atoms with Crippen LogP contribution in [0.25, 0.3) is 0 Å². The smallest absolute Gasteiger partial charge is 0.0615 e. The van der Waals surface area contributed by atoms with Crippen molar-refractivity contribution in [3.63, 3.8) is 0 Å². The molecule has 0 aromatic carbocycles. The Hall–Kier alpha value is -0.340. The molecule has 0 radical (unpaired) electrons. The van der Waals surface area contributed by atoms with Gasteiger partial charge in [-0.1, -0.05) is 18.6 Å². The van der Waals surface area contributed by atoms with Crippen molar-refractivity contribution >= 4 is 0 Å². The Morgan fingerprint density at radius 3 is 2.40 bits per heavy atom. The van der Waals surface area contributed by atoms with E-state index in [0.717, 1.165) is 25.7 Å². The molecular weight excluding hydrogens is 188 g/mol. The van der Waals surface area contributed by atoms with Crippen LogP contribution in [-0.4, -0.2) is 22.4 Å². The maximum absolute atomic E-state index is 10.3. The minimum absolute atomic E-state index is 0.0735. The van der Waals surface area contributed by atoms with Crippen LogP contribution < -0.4 is 0 Å². The molecule has 3 fully saturated rings. The molecule has 0 saturated heterocycles. The Labute approximate surface area is 90.0 Å². The molecule has 4 aliphatic carbocycles. The molecule has 6 unspecified atom stereocenters. The van der Waals surface area contributed by atoms with Crippen LogP contribution in [0.3, 0.4) is 0 Å². The highest BCUT2D eigenvalue weighted by Crippen LogP contribution is 2.78. The molecule has 0 aliphatic heterocycles. The average molecular weight is 206 g/mol. The van der Waals surface area contributed by atoms with E-state index in [1.165, 1.54) is 6.42 Å². The fraction of sp³-hybridized carbons (Fsp3) is 0.846. The quantitative estimate of drug-likeness (QED) is 0.589. The Kier molecular flexibility index (Phi) is 1.36. The first-order valence-electron chi connectivity index (χ1n) is 6.26. The molecular formula is C13H18O2. The first kappa shape index (κ1) is 8.77. The molecule has 4 rings (SSSR count). The van der Waals surface area contributed by atoms with Crippen LogP contribution in [0, 0.1) is 22.7 Å². The standard InChI is InChI=1S/C13H18O2/c14-10-2-1-5-12-8-3-4-9(6-8)13(10,12)7-11(12)15/h3-4,8-11,14-15H,1-2,5-7H2. The maximum atomic E-state index is 10.3. The van der Waals surface area contributed by atoms with E-state index >= 15 is 0 Å². The molecule has 0 aromatic heterocycles. The van der Waals surface area contributed by atoms with Gasteiger partial charge in [-0.3, -0.25) is 0 Å². The summed E-state index contributed by atoms with van der Waals surface area (Å²) in [6.45, 7) is 0. The lowest BCUT2D eigenvalue weighted by Crippen LogP contribution is -2.69. The number of aliphatic hydroxyl groups excluding tert-OH is 2. The zero-order valence-corrected chi connectivity index (χ0v) is 8.89. The minimum atomic E-state index is -0.158. The number of fused-ring (bicyclic) bond motifs is 2. The van der Waals surface area contributed by atoms with Gasteiger partial charge in [-0.25, -0.2) is 0 Å². The van der Waals surface area contributed by atoms with Gasteiger partial charge in [0.2, 0.25) is 0 Å². The molecule has 2 N–H and O–H groups in total. The lowest BCUT2D eigenvalue weighted by atomic mass is 9.38. The van der Waals surface area contributed by atoms with Crippen LogP contribution in [0.15, 0.2) is 12.2 Å². The fourth-order valence-corrected chi connectivity index (χ4v) is 5.55. The molecule has 3 saturated carbocycles. The van der Waals surface area contributed by atoms with E-state index in [1.54, 1.807) is 0 Å². The lowest BCUT2D eigenvalue weighted by Gasteiger charge is -2.68. The molecule has 4 aliphatic rings. The third-order valence-electron chi connectivity index (χ3n) is 6.06. The van der Waals surface area contributed by atoms with Gasteiger partial charge < -0.3 is 10.2 Å². The van der Waals surface area contributed by atoms with Crippen LogP contribution in [-0.2, 0) is 0 Å². The van der Waals surface area contributed by atoms with Gasteiger partial charge in [0.05, 0.1) is 12.2 Å². The van der Waals surface area contributed by atoms with Crippen LogP contribution in [0.4, 0.5) is 0 Å². The Balaban J connectivity index is 1.90. The van der Waals surface area contributed by atoms with Gasteiger partial charge in [-0.15, -0.1) is 0 Å². The summed E-state index contributed by atoms with van der Waals surface area (Å²) in [6, 6.07) is 0. The molecule has 0 aromatic rings. The normalized spacial score (nSPS) is 64.9. The van der Waals surface area contributed by atoms with Crippen molar-refractivity contribution in [2.75, 3.05) is 0 Å². The number of hydrogen-bond donors (Lipinski definition) is 2. The highest BCUT2D eigenvalue weighted by Gasteiger charge is 2.77. The van der Waals surface area contributed by atoms with Crippen molar-refractivity contribution in [2.24, 2.45) is 22.7 Å². The average Bonchev–Trinajstić information content (AvgIpc) is 2.75. The first-order chi connectivity index (χ1) is 7.22. The third-order valence-corrected chi connectivity index (χ3v) is 6.06. The van der Waals surface area contributed by atoms with Crippen molar-refractivity contribution in [1.82, 2.24) is 0 Å². The Bertz CT molecular complexity index is 334.